The first kappa shape index (κ1) is 99.2. The van der Waals surface area contributed by atoms with E-state index in [9.17, 15) is 121 Å². The minimum Gasteiger partial charge on any atom is -0.481 e. The molecule has 20 N–H and O–H groups in total. The summed E-state index contributed by atoms with van der Waals surface area (Å²) in [5.41, 5.74) is 0. The van der Waals surface area contributed by atoms with Crippen LogP contribution in [0.2, 0.25) is 0 Å². The van der Waals surface area contributed by atoms with E-state index in [1.807, 2.05) is 13.8 Å². The first-order chi connectivity index (χ1) is 55.3. The molecule has 40 nitrogen and oxygen atoms in total. The normalized spacial score (nSPS) is 44.7. The third-order valence-electron chi connectivity index (χ3n) is 20.4. The van der Waals surface area contributed by atoms with E-state index >= 15 is 0 Å². The molecule has 40 atom stereocenters. The molecular formula is C68H112O40S8. The number of aliphatic hydroxyl groups is 16. The molecule has 0 radical (unpaired) electrons. The molecule has 30 fully saturated rings. The van der Waals surface area contributed by atoms with Crippen molar-refractivity contribution in [1.29, 1.82) is 0 Å². The summed E-state index contributed by atoms with van der Waals surface area (Å²) < 4.78 is 101. The van der Waals surface area contributed by atoms with Gasteiger partial charge in [-0.3, -0.25) is 19.2 Å². The summed E-state index contributed by atoms with van der Waals surface area (Å²) in [6, 6.07) is 0. The fraction of sp³-hybridized carbons (Fsp3) is 0.941. The number of carboxylic acid groups (broad SMARTS) is 4. The number of hydrogen-bond acceptors (Lipinski definition) is 44. The Labute approximate surface area is 701 Å². The van der Waals surface area contributed by atoms with Crippen LogP contribution in [0, 0.1) is 0 Å². The van der Waals surface area contributed by atoms with Crippen LogP contribution in [0.1, 0.15) is 53.4 Å². The van der Waals surface area contributed by atoms with E-state index in [-0.39, 0.29) is 81.9 Å². The number of rotatable bonds is 32. The molecule has 0 spiro atoms. The zero-order valence-electron chi connectivity index (χ0n) is 63.6. The maximum absolute atomic E-state index is 12.2. The van der Waals surface area contributed by atoms with E-state index in [1.165, 1.54) is 47.0 Å². The Hall–Kier alpha value is -0.600. The van der Waals surface area contributed by atoms with Gasteiger partial charge in [-0.05, 0) is 23.0 Å². The molecule has 30 aliphatic rings. The first-order valence-electron chi connectivity index (χ1n) is 38.2. The topological polar surface area (TPSA) is 621 Å². The van der Waals surface area contributed by atoms with Crippen LogP contribution >= 0.6 is 94.1 Å². The zero-order chi connectivity index (χ0) is 84.5. The van der Waals surface area contributed by atoms with Crippen molar-refractivity contribution in [2.45, 2.75) is 299 Å². The van der Waals surface area contributed by atoms with Gasteiger partial charge < -0.3 is 178 Å². The van der Waals surface area contributed by atoms with Crippen LogP contribution in [0.5, 0.6) is 0 Å². The summed E-state index contributed by atoms with van der Waals surface area (Å²) in [6.45, 7) is 7.23. The number of aliphatic carboxylic acids is 4. The summed E-state index contributed by atoms with van der Waals surface area (Å²) >= 11 is 8.96. The van der Waals surface area contributed by atoms with Crippen LogP contribution in [-0.4, -0.2) is 464 Å². The van der Waals surface area contributed by atoms with Gasteiger partial charge in [-0.15, -0.1) is 0 Å². The molecule has 0 aromatic carbocycles. The number of hydrogen-bond donors (Lipinski definition) is 20. The lowest BCUT2D eigenvalue weighted by Gasteiger charge is -2.51. The average Bonchev–Trinajstić information content (AvgIpc) is 0.771. The molecule has 48 heteroatoms. The van der Waals surface area contributed by atoms with Crippen molar-refractivity contribution in [3.05, 3.63) is 0 Å². The van der Waals surface area contributed by atoms with Crippen molar-refractivity contribution in [3.8, 4) is 0 Å². The number of aliphatic hydroxyl groups excluding tert-OH is 16. The molecule has 0 saturated carbocycles. The van der Waals surface area contributed by atoms with Crippen molar-refractivity contribution >= 4 is 118 Å². The van der Waals surface area contributed by atoms with E-state index in [2.05, 4.69) is 0 Å². The lowest BCUT2D eigenvalue weighted by Crippen LogP contribution is -2.69. The summed E-state index contributed by atoms with van der Waals surface area (Å²) in [5.74, 6) is -4.45. The highest BCUT2D eigenvalue weighted by molar-refractivity contribution is 8.00. The van der Waals surface area contributed by atoms with Gasteiger partial charge in [0.05, 0.1) is 74.5 Å². The number of thioether (sulfide) groups is 8. The second-order valence-electron chi connectivity index (χ2n) is 28.5. The van der Waals surface area contributed by atoms with Crippen molar-refractivity contribution in [2.75, 3.05) is 92.0 Å². The molecule has 30 rings (SSSR count). The van der Waals surface area contributed by atoms with Crippen LogP contribution in [0.4, 0.5) is 0 Å². The Morgan fingerprint density at radius 3 is 0.431 bits per heavy atom. The molecule has 116 heavy (non-hydrogen) atoms. The number of ether oxygens (including phenoxy) is 16. The summed E-state index contributed by atoms with van der Waals surface area (Å²) in [5, 5.41) is 232. The van der Waals surface area contributed by atoms with Gasteiger partial charge in [0.15, 0.2) is 50.3 Å². The van der Waals surface area contributed by atoms with Gasteiger partial charge >= 0.3 is 23.9 Å². The van der Waals surface area contributed by atoms with Crippen LogP contribution in [-0.2, 0) is 95.0 Å². The fourth-order valence-electron chi connectivity index (χ4n) is 14.2. The van der Waals surface area contributed by atoms with Gasteiger partial charge in [0, 0.05) is 69.0 Å². The highest BCUT2D eigenvalue weighted by Gasteiger charge is 2.61. The van der Waals surface area contributed by atoms with E-state index in [0.717, 1.165) is 47.0 Å². The van der Waals surface area contributed by atoms with E-state index in [1.54, 1.807) is 13.8 Å². The largest absolute Gasteiger partial charge is 0.481 e. The lowest BCUT2D eigenvalue weighted by molar-refractivity contribution is -0.396. The Balaban J connectivity index is 1.08. The van der Waals surface area contributed by atoms with Gasteiger partial charge in [-0.2, -0.15) is 94.1 Å². The third kappa shape index (κ3) is 25.9. The van der Waals surface area contributed by atoms with Gasteiger partial charge in [0.1, 0.15) is 146 Å². The summed E-state index contributed by atoms with van der Waals surface area (Å²) in [7, 11) is 0. The molecule has 0 aromatic rings. The Morgan fingerprint density at radius 2 is 0.319 bits per heavy atom. The SMILES string of the molecule is CCSC[C@H]1O[C@@H]2O[C@H]3[C@H](O)[C@@H](O)[C@@H](O[C@H]4[C@H](O)[C@@H](O)[C@@H](O[C@H]5[C@H](O)[C@@H](O)[C@@H](O[C@H]6[C@H](O)[C@@H](O)[C@@H](O[C@H]7[C@H](O)[C@@H](O)[C@@H](O[C@H]8[C@H](O)[C@@H](O)[C@@H](O[C@H]9[C@H](O)[C@@H](O)[C@@H](O[C@H]1[C@H](O)[C@H]2O)O[C@@H]9CSCC)O[C@@H]8CSCC)O[C@@H]7CSCCC(=O)O)O[C@@H]6CSCCC(=O)O)O[C@@H]5CSCCC(=O)O)O[C@@H]4CSCCC(=O)O)O[C@@H]3CSCC. The third-order valence-corrected chi connectivity index (χ3v) is 28.5. The number of carboxylic acids is 4. The van der Waals surface area contributed by atoms with Crippen molar-refractivity contribution in [3.63, 3.8) is 0 Å². The van der Waals surface area contributed by atoms with Gasteiger partial charge in [-0.1, -0.05) is 27.7 Å². The smallest absolute Gasteiger partial charge is 0.304 e. The van der Waals surface area contributed by atoms with Crippen LogP contribution in [0.15, 0.2) is 0 Å². The molecule has 30 aliphatic heterocycles. The molecule has 0 unspecified atom stereocenters. The zero-order valence-corrected chi connectivity index (χ0v) is 70.1. The van der Waals surface area contributed by atoms with Crippen LogP contribution in [0.25, 0.3) is 0 Å². The van der Waals surface area contributed by atoms with Gasteiger partial charge in [0.2, 0.25) is 0 Å². The lowest BCUT2D eigenvalue weighted by atomic mass is 9.95. The van der Waals surface area contributed by atoms with E-state index < -0.39 is 282 Å². The average molecular weight is 1830 g/mol. The summed E-state index contributed by atoms with van der Waals surface area (Å²) in [6.07, 6.45) is -75.6. The van der Waals surface area contributed by atoms with E-state index in [4.69, 9.17) is 75.8 Å². The van der Waals surface area contributed by atoms with Crippen molar-refractivity contribution in [2.24, 2.45) is 0 Å². The van der Waals surface area contributed by atoms with Crippen LogP contribution < -0.4 is 0 Å². The predicted octanol–water partition coefficient (Wildman–Crippen LogP) is -5.50. The second-order valence-corrected chi connectivity index (χ2v) is 38.4. The second kappa shape index (κ2) is 47.8. The Morgan fingerprint density at radius 1 is 0.198 bits per heavy atom. The predicted molar refractivity (Wildman–Crippen MR) is 415 cm³/mol. The molecule has 30 saturated heterocycles. The maximum atomic E-state index is 12.2. The van der Waals surface area contributed by atoms with Crippen LogP contribution in [0.3, 0.4) is 0 Å². The minimum atomic E-state index is -2.24. The van der Waals surface area contributed by atoms with Crippen molar-refractivity contribution in [1.82, 2.24) is 0 Å². The molecule has 0 aliphatic carbocycles. The first-order valence-corrected chi connectivity index (χ1v) is 47.4. The minimum absolute atomic E-state index is 0.0129. The van der Waals surface area contributed by atoms with E-state index in [0.29, 0.717) is 23.0 Å². The molecule has 16 bridgehead atoms. The Bertz CT molecular complexity index is 2920. The molecular weight excluding hydrogens is 1710 g/mol. The molecule has 0 amide bonds. The molecule has 30 heterocycles. The highest BCUT2D eigenvalue weighted by Crippen LogP contribution is 2.43. The maximum Gasteiger partial charge on any atom is 0.304 e. The van der Waals surface area contributed by atoms with Crippen molar-refractivity contribution < 1.29 is 197 Å². The van der Waals surface area contributed by atoms with Gasteiger partial charge in [0.25, 0.3) is 0 Å². The molecule has 672 valence electrons. The Kier molecular flexibility index (Phi) is 40.9. The summed E-state index contributed by atoms with van der Waals surface area (Å²) in [4.78, 5) is 47.0. The number of carbonyl (C=O) groups is 4. The highest BCUT2D eigenvalue weighted by atomic mass is 32.2. The fourth-order valence-corrected chi connectivity index (χ4v) is 21.1. The molecule has 0 aromatic heterocycles. The van der Waals surface area contributed by atoms with Gasteiger partial charge in [-0.25, -0.2) is 0 Å². The quantitative estimate of drug-likeness (QED) is 0.0279. The standard InChI is InChI=1S/C68H112O40S8/c1-5-109-17-25-53-38(78)46(86)62(94-25)103-55-27(19-111-7-3)96-64(48(88)40(55)80)105-57-29(21-113-13-9-33(69)70)98-66(50(90)42(57)82)107-59-31(23-115-15-11-35(73)74)100-68(52(92)44(59)84)108-60-32(24-116-16-12-36(75)76)99-67(51(91)43(60)83)106-58-30(22-114-14-10-34(71)72)97-65(49(89)41(58)81)104-56-28(20-112-8-4)95-63(47(87)39(56)79)102-54-26(18-110-6-2)93-61(101-53)45(85)37(54)77/h25-32,37-68,77-92H,5-24H2,1-4H3,(H,69,70)(H,71,72)(H,73,74)(H,75,76)/t25-,26-,27-,28-,29-,30-,31-,32-,37-,38-,39-,40-,41-,42-,43-,44-,45-,46-,47-,48-,49-,50-,51-,52-,53-,54-,55-,56-,57-,58-,59-,60-,61-,62-,63-,64-,65-,66-,67-,68-/m1/s1. The monoisotopic (exact) mass is 1820 g/mol.